The second-order valence-corrected chi connectivity index (χ2v) is 12.1. The van der Waals surface area contributed by atoms with Gasteiger partial charge in [-0.1, -0.05) is 11.6 Å². The Morgan fingerprint density at radius 2 is 1.74 bits per heavy atom. The molecule has 0 bridgehead atoms. The average Bonchev–Trinajstić information content (AvgIpc) is 3.45. The smallest absolute Gasteiger partial charge is 0.264 e. The predicted molar refractivity (Wildman–Crippen MR) is 157 cm³/mol. The topological polar surface area (TPSA) is 146 Å². The summed E-state index contributed by atoms with van der Waals surface area (Å²) < 4.78 is 33.2. The first-order valence-electron chi connectivity index (χ1n) is 13.1. The molecule has 0 atom stereocenters. The van der Waals surface area contributed by atoms with Gasteiger partial charge in [0.25, 0.3) is 15.9 Å². The molecule has 12 heteroatoms. The summed E-state index contributed by atoms with van der Waals surface area (Å²) in [4.78, 5) is 40.0. The van der Waals surface area contributed by atoms with E-state index in [-0.39, 0.29) is 28.3 Å². The number of likely N-dealkylation sites (tertiary alicyclic amines) is 1. The molecule has 0 spiro atoms. The number of benzene rings is 3. The second kappa shape index (κ2) is 13.2. The largest absolute Gasteiger partial charge is 0.483 e. The maximum atomic E-state index is 13.3. The number of hydrogen-bond donors (Lipinski definition) is 2. The maximum Gasteiger partial charge on any atom is 0.264 e. The molecule has 10 nitrogen and oxygen atoms in total. The molecule has 1 heterocycles. The van der Waals surface area contributed by atoms with Crippen LogP contribution in [0.4, 0.5) is 5.69 Å². The van der Waals surface area contributed by atoms with Crippen molar-refractivity contribution < 1.29 is 27.5 Å². The highest BCUT2D eigenvalue weighted by Gasteiger charge is 2.22. The minimum absolute atomic E-state index is 0.0131. The molecular formula is C30H29ClN4O6S. The number of ether oxygens (including phenoxy) is 1. The number of aryl methyl sites for hydroxylation is 2. The Bertz CT molecular complexity index is 1690. The minimum Gasteiger partial charge on any atom is -0.483 e. The van der Waals surface area contributed by atoms with Gasteiger partial charge in [0, 0.05) is 16.3 Å². The lowest BCUT2D eigenvalue weighted by atomic mass is 9.98. The summed E-state index contributed by atoms with van der Waals surface area (Å²) in [5.74, 6) is -1.45. The highest BCUT2D eigenvalue weighted by molar-refractivity contribution is 7.90. The zero-order chi connectivity index (χ0) is 30.4. The fourth-order valence-electron chi connectivity index (χ4n) is 4.60. The summed E-state index contributed by atoms with van der Waals surface area (Å²) in [6.07, 6.45) is 1.96. The average molecular weight is 609 g/mol. The number of ketones is 1. The van der Waals surface area contributed by atoms with Crippen molar-refractivity contribution in [3.05, 3.63) is 87.4 Å². The van der Waals surface area contributed by atoms with Crippen LogP contribution in [0.25, 0.3) is 0 Å². The van der Waals surface area contributed by atoms with Gasteiger partial charge in [-0.25, -0.2) is 13.1 Å². The maximum absolute atomic E-state index is 13.3. The first kappa shape index (κ1) is 30.7. The summed E-state index contributed by atoms with van der Waals surface area (Å²) >= 11 is 6.13. The van der Waals surface area contributed by atoms with Gasteiger partial charge >= 0.3 is 0 Å². The third-order valence-corrected chi connectivity index (χ3v) is 8.22. The van der Waals surface area contributed by atoms with E-state index in [2.05, 4.69) is 10.0 Å². The molecule has 42 heavy (non-hydrogen) atoms. The third-order valence-electron chi connectivity index (χ3n) is 6.61. The molecule has 2 N–H and O–H groups in total. The first-order chi connectivity index (χ1) is 19.9. The SMILES string of the molecule is Cc1cc(C#N)cc(C(=O)c2cc(Cl)ccc2OCC(=O)Nc2ccc(S(=O)(=O)NC(=O)CN3CCCC3)cc2C)c1. The van der Waals surface area contributed by atoms with Gasteiger partial charge in [0.05, 0.1) is 28.6 Å². The van der Waals surface area contributed by atoms with E-state index in [0.717, 1.165) is 31.5 Å². The van der Waals surface area contributed by atoms with Crippen molar-refractivity contribution >= 4 is 44.9 Å². The lowest BCUT2D eigenvalue weighted by Gasteiger charge is -2.15. The van der Waals surface area contributed by atoms with Crippen molar-refractivity contribution in [2.75, 3.05) is 31.6 Å². The van der Waals surface area contributed by atoms with Gasteiger partial charge in [-0.2, -0.15) is 5.26 Å². The molecule has 3 aromatic rings. The minimum atomic E-state index is -4.09. The first-order valence-corrected chi connectivity index (χ1v) is 15.0. The van der Waals surface area contributed by atoms with Crippen molar-refractivity contribution in [1.29, 1.82) is 5.26 Å². The summed E-state index contributed by atoms with van der Waals surface area (Å²) in [6.45, 7) is 4.47. The predicted octanol–water partition coefficient (Wildman–Crippen LogP) is 3.98. The van der Waals surface area contributed by atoms with Crippen LogP contribution >= 0.6 is 11.6 Å². The number of anilines is 1. The standard InChI is InChI=1S/C30H29ClN4O6S/c1-19-11-21(16-32)14-22(12-19)30(38)25-15-23(31)5-8-27(25)41-18-29(37)33-26-7-6-24(13-20(26)2)42(39,40)34-28(36)17-35-9-3-4-10-35/h5-8,11-15H,3-4,9-10,17-18H2,1-2H3,(H,33,37)(H,34,36). The molecule has 0 radical (unpaired) electrons. The third kappa shape index (κ3) is 7.73. The van der Waals surface area contributed by atoms with Crippen molar-refractivity contribution in [2.24, 2.45) is 0 Å². The van der Waals surface area contributed by atoms with Crippen molar-refractivity contribution in [1.82, 2.24) is 9.62 Å². The van der Waals surface area contributed by atoms with E-state index in [9.17, 15) is 28.1 Å². The van der Waals surface area contributed by atoms with Gasteiger partial charge in [0.15, 0.2) is 12.4 Å². The van der Waals surface area contributed by atoms with Gasteiger partial charge in [-0.3, -0.25) is 19.3 Å². The van der Waals surface area contributed by atoms with Gasteiger partial charge in [-0.05, 0) is 106 Å². The normalized spacial score (nSPS) is 13.3. The fraction of sp³-hybridized carbons (Fsp3) is 0.267. The number of carbonyl (C=O) groups excluding carboxylic acids is 3. The molecule has 0 saturated carbocycles. The summed E-state index contributed by atoms with van der Waals surface area (Å²) in [5.41, 5.74) is 2.28. The van der Waals surface area contributed by atoms with Crippen LogP contribution in [0.1, 0.15) is 45.5 Å². The van der Waals surface area contributed by atoms with Crippen LogP contribution in [0.15, 0.2) is 59.5 Å². The van der Waals surface area contributed by atoms with E-state index in [4.69, 9.17) is 16.3 Å². The van der Waals surface area contributed by atoms with Gasteiger partial charge in [-0.15, -0.1) is 0 Å². The highest BCUT2D eigenvalue weighted by atomic mass is 35.5. The number of nitrogens with zero attached hydrogens (tertiary/aromatic N) is 2. The molecule has 3 aromatic carbocycles. The number of nitrogens with one attached hydrogen (secondary N) is 2. The molecule has 1 saturated heterocycles. The number of rotatable bonds is 10. The van der Waals surface area contributed by atoms with E-state index in [0.29, 0.717) is 21.8 Å². The van der Waals surface area contributed by atoms with Crippen LogP contribution in [0, 0.1) is 25.2 Å². The highest BCUT2D eigenvalue weighted by Crippen LogP contribution is 2.27. The van der Waals surface area contributed by atoms with Crippen LogP contribution in [-0.2, 0) is 19.6 Å². The van der Waals surface area contributed by atoms with Crippen LogP contribution in [-0.4, -0.2) is 57.2 Å². The van der Waals surface area contributed by atoms with E-state index in [1.165, 1.54) is 42.5 Å². The number of carbonyl (C=O) groups is 3. The van der Waals surface area contributed by atoms with E-state index >= 15 is 0 Å². The Balaban J connectivity index is 1.41. The summed E-state index contributed by atoms with van der Waals surface area (Å²) in [5, 5.41) is 12.2. The van der Waals surface area contributed by atoms with Crippen LogP contribution in [0.2, 0.25) is 5.02 Å². The molecule has 2 amide bonds. The fourth-order valence-corrected chi connectivity index (χ4v) is 5.83. The zero-order valence-electron chi connectivity index (χ0n) is 23.1. The molecule has 1 fully saturated rings. The summed E-state index contributed by atoms with van der Waals surface area (Å²) in [7, 11) is -4.09. The number of nitriles is 1. The number of amides is 2. The lowest BCUT2D eigenvalue weighted by molar-refractivity contribution is -0.120. The summed E-state index contributed by atoms with van der Waals surface area (Å²) in [6, 6.07) is 15.3. The Hall–Kier alpha value is -4.24. The van der Waals surface area contributed by atoms with E-state index in [1.54, 1.807) is 26.0 Å². The Morgan fingerprint density at radius 3 is 2.43 bits per heavy atom. The Kier molecular flexibility index (Phi) is 9.63. The molecule has 1 aliphatic heterocycles. The zero-order valence-corrected chi connectivity index (χ0v) is 24.6. The number of halogens is 1. The quantitative estimate of drug-likeness (QED) is 0.329. The Labute approximate surface area is 249 Å². The lowest BCUT2D eigenvalue weighted by Crippen LogP contribution is -2.38. The number of sulfonamides is 1. The number of hydrogen-bond acceptors (Lipinski definition) is 8. The van der Waals surface area contributed by atoms with Gasteiger partial charge < -0.3 is 10.1 Å². The monoisotopic (exact) mass is 608 g/mol. The molecule has 1 aliphatic rings. The molecule has 0 aromatic heterocycles. The second-order valence-electron chi connectivity index (χ2n) is 9.99. The van der Waals surface area contributed by atoms with Crippen LogP contribution < -0.4 is 14.8 Å². The van der Waals surface area contributed by atoms with Gasteiger partial charge in [0.2, 0.25) is 5.91 Å². The van der Waals surface area contributed by atoms with Gasteiger partial charge in [0.1, 0.15) is 5.75 Å². The van der Waals surface area contributed by atoms with Crippen LogP contribution in [0.3, 0.4) is 0 Å². The van der Waals surface area contributed by atoms with E-state index < -0.39 is 34.2 Å². The molecular weight excluding hydrogens is 580 g/mol. The van der Waals surface area contributed by atoms with Crippen molar-refractivity contribution in [3.8, 4) is 11.8 Å². The molecule has 218 valence electrons. The molecule has 0 unspecified atom stereocenters. The molecule has 4 rings (SSSR count). The molecule has 0 aliphatic carbocycles. The van der Waals surface area contributed by atoms with Crippen molar-refractivity contribution in [3.63, 3.8) is 0 Å². The van der Waals surface area contributed by atoms with Crippen molar-refractivity contribution in [2.45, 2.75) is 31.6 Å². The van der Waals surface area contributed by atoms with E-state index in [1.807, 2.05) is 11.0 Å². The van der Waals surface area contributed by atoms with Crippen LogP contribution in [0.5, 0.6) is 5.75 Å². The Morgan fingerprint density at radius 1 is 1.00 bits per heavy atom.